The summed E-state index contributed by atoms with van der Waals surface area (Å²) in [6.07, 6.45) is 6.35. The first-order chi connectivity index (χ1) is 6.77. The lowest BCUT2D eigenvalue weighted by Crippen LogP contribution is -1.95. The number of hydrogen-bond acceptors (Lipinski definition) is 1. The maximum atomic E-state index is 5.43. The van der Waals surface area contributed by atoms with Crippen LogP contribution in [-0.2, 0) is 6.42 Å². The summed E-state index contributed by atoms with van der Waals surface area (Å²) in [7, 11) is 0. The highest BCUT2D eigenvalue weighted by atomic mass is 14.5. The van der Waals surface area contributed by atoms with E-state index in [1.807, 2.05) is 0 Å². The fraction of sp³-hybridized carbons (Fsp3) is 0.385. The summed E-state index contributed by atoms with van der Waals surface area (Å²) in [5.41, 5.74) is 9.47. The van der Waals surface area contributed by atoms with Gasteiger partial charge in [-0.05, 0) is 43.0 Å². The SMILES string of the molecule is CCc1ccc(/C=C\CCN)c(C)c1. The lowest BCUT2D eigenvalue weighted by atomic mass is 10.0. The van der Waals surface area contributed by atoms with Crippen molar-refractivity contribution in [1.29, 1.82) is 0 Å². The van der Waals surface area contributed by atoms with Gasteiger partial charge in [-0.1, -0.05) is 37.3 Å². The van der Waals surface area contributed by atoms with Gasteiger partial charge in [0.25, 0.3) is 0 Å². The van der Waals surface area contributed by atoms with E-state index in [0.717, 1.165) is 19.4 Å². The minimum atomic E-state index is 0.725. The maximum absolute atomic E-state index is 5.43. The molecule has 0 amide bonds. The summed E-state index contributed by atoms with van der Waals surface area (Å²) < 4.78 is 0. The van der Waals surface area contributed by atoms with Gasteiger partial charge < -0.3 is 5.73 Å². The maximum Gasteiger partial charge on any atom is -0.00425 e. The highest BCUT2D eigenvalue weighted by molar-refractivity contribution is 5.54. The molecule has 0 aliphatic heterocycles. The fourth-order valence-corrected chi connectivity index (χ4v) is 1.45. The van der Waals surface area contributed by atoms with Gasteiger partial charge in [0.2, 0.25) is 0 Å². The zero-order valence-corrected chi connectivity index (χ0v) is 9.09. The average Bonchev–Trinajstić information content (AvgIpc) is 2.20. The Morgan fingerprint density at radius 3 is 2.71 bits per heavy atom. The molecule has 0 atom stereocenters. The van der Waals surface area contributed by atoms with E-state index in [9.17, 15) is 0 Å². The standard InChI is InChI=1S/C13H19N/c1-3-12-7-8-13(11(2)10-12)6-4-5-9-14/h4,6-8,10H,3,5,9,14H2,1-2H3/b6-4-. The second-order valence-electron chi connectivity index (χ2n) is 3.52. The third kappa shape index (κ3) is 3.00. The number of nitrogens with two attached hydrogens (primary N) is 1. The van der Waals surface area contributed by atoms with E-state index in [1.165, 1.54) is 16.7 Å². The molecule has 0 aliphatic carbocycles. The predicted molar refractivity (Wildman–Crippen MR) is 63.3 cm³/mol. The van der Waals surface area contributed by atoms with E-state index in [2.05, 4.69) is 44.2 Å². The van der Waals surface area contributed by atoms with Crippen LogP contribution in [0.4, 0.5) is 0 Å². The molecule has 14 heavy (non-hydrogen) atoms. The van der Waals surface area contributed by atoms with E-state index < -0.39 is 0 Å². The fourth-order valence-electron chi connectivity index (χ4n) is 1.45. The third-order valence-corrected chi connectivity index (χ3v) is 2.37. The normalized spacial score (nSPS) is 11.1. The summed E-state index contributed by atoms with van der Waals surface area (Å²) in [6, 6.07) is 6.62. The van der Waals surface area contributed by atoms with Gasteiger partial charge in [0.05, 0.1) is 0 Å². The minimum absolute atomic E-state index is 0.725. The Balaban J connectivity index is 2.78. The Morgan fingerprint density at radius 2 is 2.14 bits per heavy atom. The molecule has 1 heteroatoms. The number of benzene rings is 1. The lowest BCUT2D eigenvalue weighted by molar-refractivity contribution is 1.01. The summed E-state index contributed by atoms with van der Waals surface area (Å²) >= 11 is 0. The van der Waals surface area contributed by atoms with Gasteiger partial charge in [-0.3, -0.25) is 0 Å². The first-order valence-corrected chi connectivity index (χ1v) is 5.24. The molecule has 0 radical (unpaired) electrons. The molecule has 0 saturated heterocycles. The van der Waals surface area contributed by atoms with Crippen molar-refractivity contribution in [2.75, 3.05) is 6.54 Å². The molecule has 0 heterocycles. The Bertz CT molecular complexity index is 313. The van der Waals surface area contributed by atoms with Crippen LogP contribution >= 0.6 is 0 Å². The molecule has 0 spiro atoms. The predicted octanol–water partition coefficient (Wildman–Crippen LogP) is 2.92. The minimum Gasteiger partial charge on any atom is -0.330 e. The van der Waals surface area contributed by atoms with Crippen LogP contribution in [0.15, 0.2) is 24.3 Å². The van der Waals surface area contributed by atoms with Crippen LogP contribution in [0.3, 0.4) is 0 Å². The molecule has 0 aliphatic rings. The molecule has 0 bridgehead atoms. The molecule has 2 N–H and O–H groups in total. The van der Waals surface area contributed by atoms with Crippen molar-refractivity contribution in [2.45, 2.75) is 26.7 Å². The summed E-state index contributed by atoms with van der Waals surface area (Å²) in [6.45, 7) is 5.06. The van der Waals surface area contributed by atoms with Gasteiger partial charge in [-0.2, -0.15) is 0 Å². The molecule has 1 nitrogen and oxygen atoms in total. The van der Waals surface area contributed by atoms with E-state index in [1.54, 1.807) is 0 Å². The van der Waals surface area contributed by atoms with Crippen molar-refractivity contribution < 1.29 is 0 Å². The van der Waals surface area contributed by atoms with Crippen molar-refractivity contribution in [2.24, 2.45) is 5.73 Å². The second kappa shape index (κ2) is 5.61. The zero-order valence-electron chi connectivity index (χ0n) is 9.09. The first kappa shape index (κ1) is 11.0. The van der Waals surface area contributed by atoms with Gasteiger partial charge in [0, 0.05) is 0 Å². The Morgan fingerprint density at radius 1 is 1.36 bits per heavy atom. The van der Waals surface area contributed by atoms with Gasteiger partial charge in [-0.25, -0.2) is 0 Å². The van der Waals surface area contributed by atoms with Gasteiger partial charge in [0.15, 0.2) is 0 Å². The molecule has 76 valence electrons. The van der Waals surface area contributed by atoms with E-state index >= 15 is 0 Å². The Labute approximate surface area is 86.6 Å². The largest absolute Gasteiger partial charge is 0.330 e. The third-order valence-electron chi connectivity index (χ3n) is 2.37. The van der Waals surface area contributed by atoms with E-state index in [0.29, 0.717) is 0 Å². The molecule has 0 aromatic heterocycles. The number of rotatable bonds is 4. The van der Waals surface area contributed by atoms with Crippen molar-refractivity contribution in [3.8, 4) is 0 Å². The van der Waals surface area contributed by atoms with Gasteiger partial charge in [-0.15, -0.1) is 0 Å². The first-order valence-electron chi connectivity index (χ1n) is 5.24. The molecular formula is C13H19N. The van der Waals surface area contributed by atoms with Crippen molar-refractivity contribution in [1.82, 2.24) is 0 Å². The van der Waals surface area contributed by atoms with Crippen LogP contribution < -0.4 is 5.73 Å². The average molecular weight is 189 g/mol. The molecular weight excluding hydrogens is 170 g/mol. The summed E-state index contributed by atoms with van der Waals surface area (Å²) in [5, 5.41) is 0. The molecule has 1 rings (SSSR count). The van der Waals surface area contributed by atoms with Crippen LogP contribution in [0.2, 0.25) is 0 Å². The zero-order chi connectivity index (χ0) is 10.4. The molecule has 1 aromatic rings. The number of hydrogen-bond donors (Lipinski definition) is 1. The highest BCUT2D eigenvalue weighted by Gasteiger charge is 1.95. The summed E-state index contributed by atoms with van der Waals surface area (Å²) in [5.74, 6) is 0. The quantitative estimate of drug-likeness (QED) is 0.774. The lowest BCUT2D eigenvalue weighted by Gasteiger charge is -2.03. The highest BCUT2D eigenvalue weighted by Crippen LogP contribution is 2.13. The van der Waals surface area contributed by atoms with Crippen LogP contribution in [-0.4, -0.2) is 6.54 Å². The smallest absolute Gasteiger partial charge is 0.00425 e. The molecule has 1 aromatic carbocycles. The Hall–Kier alpha value is -1.08. The van der Waals surface area contributed by atoms with Crippen molar-refractivity contribution in [3.63, 3.8) is 0 Å². The summed E-state index contributed by atoms with van der Waals surface area (Å²) in [4.78, 5) is 0. The van der Waals surface area contributed by atoms with Crippen LogP contribution in [0.25, 0.3) is 6.08 Å². The Kier molecular flexibility index (Phi) is 4.41. The van der Waals surface area contributed by atoms with Gasteiger partial charge >= 0.3 is 0 Å². The molecule has 0 saturated carbocycles. The van der Waals surface area contributed by atoms with Crippen LogP contribution in [0, 0.1) is 6.92 Å². The second-order valence-corrected chi connectivity index (χ2v) is 3.52. The van der Waals surface area contributed by atoms with E-state index in [4.69, 9.17) is 5.73 Å². The van der Waals surface area contributed by atoms with Crippen LogP contribution in [0.1, 0.15) is 30.0 Å². The molecule has 0 unspecified atom stereocenters. The van der Waals surface area contributed by atoms with Gasteiger partial charge in [0.1, 0.15) is 0 Å². The number of aryl methyl sites for hydroxylation is 2. The monoisotopic (exact) mass is 189 g/mol. The van der Waals surface area contributed by atoms with Crippen molar-refractivity contribution in [3.05, 3.63) is 41.0 Å². The van der Waals surface area contributed by atoms with Crippen molar-refractivity contribution >= 4 is 6.08 Å². The van der Waals surface area contributed by atoms with E-state index in [-0.39, 0.29) is 0 Å². The molecule has 0 fully saturated rings. The topological polar surface area (TPSA) is 26.0 Å². The van der Waals surface area contributed by atoms with Crippen LogP contribution in [0.5, 0.6) is 0 Å².